The Kier molecular flexibility index (Phi) is 6.10. The Hall–Kier alpha value is -2.20. The Balaban J connectivity index is 1.90. The maximum absolute atomic E-state index is 12.2. The first-order valence-corrected chi connectivity index (χ1v) is 7.53. The molecular formula is C18H22N2O2. The molecule has 0 aliphatic carbocycles. The van der Waals surface area contributed by atoms with Gasteiger partial charge in [-0.3, -0.25) is 14.4 Å². The molecular weight excluding hydrogens is 276 g/mol. The summed E-state index contributed by atoms with van der Waals surface area (Å²) >= 11 is 0. The van der Waals surface area contributed by atoms with E-state index in [9.17, 15) is 4.79 Å². The normalized spacial score (nSPS) is 11.9. The first-order valence-electron chi connectivity index (χ1n) is 7.53. The highest BCUT2D eigenvalue weighted by Crippen LogP contribution is 1.99. The van der Waals surface area contributed by atoms with Crippen LogP contribution >= 0.6 is 0 Å². The van der Waals surface area contributed by atoms with Crippen LogP contribution < -0.4 is 5.49 Å². The molecule has 0 saturated carbocycles. The lowest BCUT2D eigenvalue weighted by molar-refractivity contribution is 0.0675. The summed E-state index contributed by atoms with van der Waals surface area (Å²) in [5.74, 6) is -0.104. The van der Waals surface area contributed by atoms with Gasteiger partial charge in [0.25, 0.3) is 5.91 Å². The zero-order valence-corrected chi connectivity index (χ0v) is 13.1. The number of pyridine rings is 1. The minimum absolute atomic E-state index is 0.0577. The number of benzene rings is 1. The van der Waals surface area contributed by atoms with Crippen molar-refractivity contribution in [1.82, 2.24) is 4.57 Å². The second-order valence-electron chi connectivity index (χ2n) is 5.33. The highest BCUT2D eigenvalue weighted by Gasteiger charge is 2.05. The second-order valence-corrected chi connectivity index (χ2v) is 5.33. The van der Waals surface area contributed by atoms with Crippen LogP contribution in [0.5, 0.6) is 0 Å². The van der Waals surface area contributed by atoms with Crippen molar-refractivity contribution < 1.29 is 9.53 Å². The van der Waals surface area contributed by atoms with Crippen molar-refractivity contribution in [3.05, 3.63) is 65.8 Å². The van der Waals surface area contributed by atoms with Crippen molar-refractivity contribution in [3.8, 4) is 0 Å². The van der Waals surface area contributed by atoms with Crippen molar-refractivity contribution >= 4 is 5.91 Å². The van der Waals surface area contributed by atoms with Crippen molar-refractivity contribution in [3.63, 3.8) is 0 Å². The zero-order chi connectivity index (χ0) is 15.8. The minimum atomic E-state index is -0.104. The molecule has 4 nitrogen and oxygen atoms in total. The minimum Gasteiger partial charge on any atom is -0.371 e. The van der Waals surface area contributed by atoms with Gasteiger partial charge in [0.2, 0.25) is 0 Å². The average Bonchev–Trinajstić information content (AvgIpc) is 2.52. The van der Waals surface area contributed by atoms with Crippen LogP contribution in [0, 0.1) is 0 Å². The van der Waals surface area contributed by atoms with E-state index in [2.05, 4.69) is 17.1 Å². The van der Waals surface area contributed by atoms with Gasteiger partial charge in [0.05, 0.1) is 6.61 Å². The largest absolute Gasteiger partial charge is 0.371 e. The van der Waals surface area contributed by atoms with Crippen LogP contribution in [0.2, 0.25) is 0 Å². The Morgan fingerprint density at radius 3 is 2.59 bits per heavy atom. The molecule has 2 aromatic rings. The molecule has 116 valence electrons. The smallest absolute Gasteiger partial charge is 0.258 e. The molecule has 0 atom stereocenters. The lowest BCUT2D eigenvalue weighted by atomic mass is 10.2. The fraction of sp³-hybridized carbons (Fsp3) is 0.333. The van der Waals surface area contributed by atoms with Crippen LogP contribution in [-0.2, 0) is 11.2 Å². The van der Waals surface area contributed by atoms with Crippen LogP contribution in [-0.4, -0.2) is 29.7 Å². The number of carbonyl (C=O) groups excluding carboxylic acids is 1. The van der Waals surface area contributed by atoms with Gasteiger partial charge >= 0.3 is 0 Å². The van der Waals surface area contributed by atoms with Gasteiger partial charge in [-0.25, -0.2) is 0 Å². The summed E-state index contributed by atoms with van der Waals surface area (Å²) in [6, 6.07) is 15.8. The molecule has 22 heavy (non-hydrogen) atoms. The fourth-order valence-electron chi connectivity index (χ4n) is 2.08. The van der Waals surface area contributed by atoms with E-state index in [0.29, 0.717) is 12.1 Å². The number of hydrogen-bond acceptors (Lipinski definition) is 3. The van der Waals surface area contributed by atoms with Gasteiger partial charge < -0.3 is 4.74 Å². The summed E-state index contributed by atoms with van der Waals surface area (Å²) in [5, 5.41) is 0. The van der Waals surface area contributed by atoms with Gasteiger partial charge in [-0.05, 0) is 38.0 Å². The molecule has 0 saturated heterocycles. The Morgan fingerprint density at radius 2 is 1.86 bits per heavy atom. The summed E-state index contributed by atoms with van der Waals surface area (Å²) in [5.41, 5.74) is 1.87. The van der Waals surface area contributed by atoms with E-state index in [1.165, 1.54) is 5.56 Å². The predicted octanol–water partition coefficient (Wildman–Crippen LogP) is 2.70. The molecule has 1 aromatic carbocycles. The Morgan fingerprint density at radius 1 is 1.14 bits per heavy atom. The van der Waals surface area contributed by atoms with Crippen LogP contribution in [0.1, 0.15) is 24.2 Å². The van der Waals surface area contributed by atoms with E-state index in [0.717, 1.165) is 6.42 Å². The molecule has 0 N–H and O–H groups in total. The van der Waals surface area contributed by atoms with Crippen molar-refractivity contribution in [2.45, 2.75) is 26.3 Å². The summed E-state index contributed by atoms with van der Waals surface area (Å²) in [4.78, 5) is 16.7. The molecule has 2 rings (SSSR count). The summed E-state index contributed by atoms with van der Waals surface area (Å²) < 4.78 is 7.05. The highest BCUT2D eigenvalue weighted by atomic mass is 16.5. The van der Waals surface area contributed by atoms with E-state index in [1.54, 1.807) is 10.8 Å². The summed E-state index contributed by atoms with van der Waals surface area (Å²) in [7, 11) is 0. The van der Waals surface area contributed by atoms with Crippen LogP contribution in [0.4, 0.5) is 0 Å². The monoisotopic (exact) mass is 298 g/mol. The molecule has 0 aliphatic rings. The van der Waals surface area contributed by atoms with Crippen LogP contribution in [0.15, 0.2) is 59.7 Å². The SMILES string of the molecule is CC(C)N=c1ccccn1C(=O)COCCc1ccccc1. The van der Waals surface area contributed by atoms with Gasteiger partial charge in [-0.1, -0.05) is 36.4 Å². The van der Waals surface area contributed by atoms with E-state index in [-0.39, 0.29) is 18.6 Å². The average molecular weight is 298 g/mol. The second kappa shape index (κ2) is 8.29. The highest BCUT2D eigenvalue weighted by molar-refractivity contribution is 5.79. The molecule has 1 heterocycles. The number of aromatic nitrogens is 1. The number of carbonyl (C=O) groups is 1. The molecule has 0 amide bonds. The van der Waals surface area contributed by atoms with E-state index >= 15 is 0 Å². The molecule has 0 spiro atoms. The molecule has 0 bridgehead atoms. The van der Waals surface area contributed by atoms with Gasteiger partial charge in [0, 0.05) is 12.2 Å². The van der Waals surface area contributed by atoms with Gasteiger partial charge in [0.1, 0.15) is 12.1 Å². The number of nitrogens with zero attached hydrogens (tertiary/aromatic N) is 2. The predicted molar refractivity (Wildman–Crippen MR) is 86.7 cm³/mol. The summed E-state index contributed by atoms with van der Waals surface area (Å²) in [6.07, 6.45) is 2.53. The first kappa shape index (κ1) is 16.2. The molecule has 0 radical (unpaired) electrons. The van der Waals surface area contributed by atoms with E-state index in [1.807, 2.05) is 50.2 Å². The van der Waals surface area contributed by atoms with Crippen LogP contribution in [0.3, 0.4) is 0 Å². The third kappa shape index (κ3) is 4.97. The molecule has 0 aliphatic heterocycles. The van der Waals surface area contributed by atoms with Gasteiger partial charge in [-0.2, -0.15) is 0 Å². The maximum atomic E-state index is 12.2. The third-order valence-electron chi connectivity index (χ3n) is 3.10. The van der Waals surface area contributed by atoms with Crippen molar-refractivity contribution in [2.75, 3.05) is 13.2 Å². The number of ether oxygens (including phenoxy) is 1. The lowest BCUT2D eigenvalue weighted by Crippen LogP contribution is -2.30. The molecule has 4 heteroatoms. The fourth-order valence-corrected chi connectivity index (χ4v) is 2.08. The van der Waals surface area contributed by atoms with Crippen molar-refractivity contribution in [2.24, 2.45) is 4.99 Å². The van der Waals surface area contributed by atoms with Gasteiger partial charge in [0.15, 0.2) is 0 Å². The maximum Gasteiger partial charge on any atom is 0.258 e. The van der Waals surface area contributed by atoms with E-state index < -0.39 is 0 Å². The first-order chi connectivity index (χ1) is 10.7. The number of hydrogen-bond donors (Lipinski definition) is 0. The topological polar surface area (TPSA) is 43.6 Å². The quantitative estimate of drug-likeness (QED) is 0.770. The lowest BCUT2D eigenvalue weighted by Gasteiger charge is -2.08. The molecule has 0 fully saturated rings. The van der Waals surface area contributed by atoms with E-state index in [4.69, 9.17) is 4.74 Å². The number of rotatable bonds is 6. The standard InChI is InChI=1S/C18H22N2O2/c1-15(2)19-17-10-6-7-12-20(17)18(21)14-22-13-11-16-8-4-3-5-9-16/h3-10,12,15H,11,13-14H2,1-2H3. The Labute approximate surface area is 131 Å². The van der Waals surface area contributed by atoms with Crippen molar-refractivity contribution in [1.29, 1.82) is 0 Å². The summed E-state index contributed by atoms with van der Waals surface area (Å²) in [6.45, 7) is 4.55. The third-order valence-corrected chi connectivity index (χ3v) is 3.10. The molecule has 1 aromatic heterocycles. The van der Waals surface area contributed by atoms with Crippen LogP contribution in [0.25, 0.3) is 0 Å². The van der Waals surface area contributed by atoms with Gasteiger partial charge in [-0.15, -0.1) is 0 Å². The zero-order valence-electron chi connectivity index (χ0n) is 13.1. The molecule has 0 unspecified atom stereocenters. The Bertz CT molecular complexity index is 660.